The van der Waals surface area contributed by atoms with Gasteiger partial charge in [0.2, 0.25) is 11.8 Å². The summed E-state index contributed by atoms with van der Waals surface area (Å²) in [5.41, 5.74) is 1.27. The van der Waals surface area contributed by atoms with Crippen LogP contribution in [-0.2, 0) is 0 Å². The van der Waals surface area contributed by atoms with Crippen molar-refractivity contribution in [1.29, 1.82) is 0 Å². The quantitative estimate of drug-likeness (QED) is 0.726. The van der Waals surface area contributed by atoms with Crippen molar-refractivity contribution < 1.29 is 14.3 Å². The van der Waals surface area contributed by atoms with Gasteiger partial charge in [-0.15, -0.1) is 21.5 Å². The standard InChI is InChI=1S/C18H19N5O3S/c1-25-16-6-7-17(22-21-16)26-12-4-2-8-23(11-12)18(24)14-10-13(19-20-14)15-5-3-9-27-15/h3,5-7,9-10,12H,2,4,8,11H2,1H3,(H,19,20). The molecule has 0 bridgehead atoms. The summed E-state index contributed by atoms with van der Waals surface area (Å²) in [5, 5.41) is 17.0. The van der Waals surface area contributed by atoms with Crippen molar-refractivity contribution in [3.05, 3.63) is 41.4 Å². The number of nitrogens with one attached hydrogen (secondary N) is 1. The van der Waals surface area contributed by atoms with Crippen LogP contribution in [0.2, 0.25) is 0 Å². The van der Waals surface area contributed by atoms with Crippen molar-refractivity contribution in [3.63, 3.8) is 0 Å². The molecule has 3 aromatic rings. The number of likely N-dealkylation sites (tertiary alicyclic amines) is 1. The first-order valence-corrected chi connectivity index (χ1v) is 9.54. The Hall–Kier alpha value is -2.94. The summed E-state index contributed by atoms with van der Waals surface area (Å²) in [7, 11) is 1.54. The van der Waals surface area contributed by atoms with E-state index in [0.29, 0.717) is 30.5 Å². The third-order valence-corrected chi connectivity index (χ3v) is 5.26. The number of hydrogen-bond acceptors (Lipinski definition) is 7. The van der Waals surface area contributed by atoms with Crippen LogP contribution in [0.5, 0.6) is 11.8 Å². The summed E-state index contributed by atoms with van der Waals surface area (Å²) < 4.78 is 10.9. The Bertz CT molecular complexity index is 894. The molecule has 8 nitrogen and oxygen atoms in total. The maximum Gasteiger partial charge on any atom is 0.274 e. The van der Waals surface area contributed by atoms with Crippen LogP contribution in [0, 0.1) is 0 Å². The molecule has 0 aromatic carbocycles. The second-order valence-electron chi connectivity index (χ2n) is 6.19. The van der Waals surface area contributed by atoms with E-state index in [1.54, 1.807) is 34.4 Å². The predicted molar refractivity (Wildman–Crippen MR) is 100 cm³/mol. The lowest BCUT2D eigenvalue weighted by atomic mass is 10.1. The van der Waals surface area contributed by atoms with Gasteiger partial charge in [0.05, 0.1) is 24.2 Å². The van der Waals surface area contributed by atoms with Gasteiger partial charge in [0.1, 0.15) is 6.10 Å². The van der Waals surface area contributed by atoms with E-state index < -0.39 is 0 Å². The molecule has 1 unspecified atom stereocenters. The Labute approximate surface area is 160 Å². The van der Waals surface area contributed by atoms with Crippen LogP contribution in [0.15, 0.2) is 35.7 Å². The smallest absolute Gasteiger partial charge is 0.274 e. The summed E-state index contributed by atoms with van der Waals surface area (Å²) in [5.74, 6) is 0.765. The first kappa shape index (κ1) is 17.5. The van der Waals surface area contributed by atoms with Gasteiger partial charge in [-0.05, 0) is 30.4 Å². The van der Waals surface area contributed by atoms with Gasteiger partial charge in [-0.1, -0.05) is 6.07 Å². The van der Waals surface area contributed by atoms with Gasteiger partial charge >= 0.3 is 0 Å². The van der Waals surface area contributed by atoms with Crippen LogP contribution < -0.4 is 9.47 Å². The van der Waals surface area contributed by atoms with E-state index in [-0.39, 0.29) is 12.0 Å². The van der Waals surface area contributed by atoms with Gasteiger partial charge in [-0.2, -0.15) is 5.10 Å². The molecule has 1 aliphatic heterocycles. The highest BCUT2D eigenvalue weighted by Gasteiger charge is 2.27. The van der Waals surface area contributed by atoms with E-state index >= 15 is 0 Å². The Balaban J connectivity index is 1.40. The van der Waals surface area contributed by atoms with Crippen LogP contribution in [0.4, 0.5) is 0 Å². The molecule has 9 heteroatoms. The first-order chi connectivity index (χ1) is 13.2. The zero-order valence-corrected chi connectivity index (χ0v) is 15.6. The lowest BCUT2D eigenvalue weighted by Gasteiger charge is -2.32. The number of methoxy groups -OCH3 is 1. The third kappa shape index (κ3) is 3.92. The number of H-pyrrole nitrogens is 1. The first-order valence-electron chi connectivity index (χ1n) is 8.66. The number of rotatable bonds is 5. The fourth-order valence-electron chi connectivity index (χ4n) is 3.02. The minimum Gasteiger partial charge on any atom is -0.480 e. The van der Waals surface area contributed by atoms with Crippen molar-refractivity contribution in [2.45, 2.75) is 18.9 Å². The highest BCUT2D eigenvalue weighted by atomic mass is 32.1. The number of aromatic nitrogens is 4. The molecule has 1 saturated heterocycles. The molecule has 140 valence electrons. The average molecular weight is 385 g/mol. The lowest BCUT2D eigenvalue weighted by molar-refractivity contribution is 0.0520. The van der Waals surface area contributed by atoms with Gasteiger partial charge in [-0.25, -0.2) is 0 Å². The second-order valence-corrected chi connectivity index (χ2v) is 7.14. The molecule has 1 fully saturated rings. The summed E-state index contributed by atoms with van der Waals surface area (Å²) in [6, 6.07) is 9.18. The number of nitrogens with zero attached hydrogens (tertiary/aromatic N) is 4. The fourth-order valence-corrected chi connectivity index (χ4v) is 3.71. The van der Waals surface area contributed by atoms with E-state index in [1.165, 1.54) is 7.11 Å². The Morgan fingerprint density at radius 3 is 2.89 bits per heavy atom. The van der Waals surface area contributed by atoms with Crippen LogP contribution in [0.25, 0.3) is 10.6 Å². The van der Waals surface area contributed by atoms with E-state index in [0.717, 1.165) is 23.4 Å². The molecule has 1 N–H and O–H groups in total. The molecule has 4 rings (SSSR count). The van der Waals surface area contributed by atoms with Crippen molar-refractivity contribution in [2.75, 3.05) is 20.2 Å². The molecular weight excluding hydrogens is 366 g/mol. The maximum absolute atomic E-state index is 12.8. The molecule has 4 heterocycles. The van der Waals surface area contributed by atoms with Crippen LogP contribution in [-0.4, -0.2) is 57.5 Å². The fraction of sp³-hybridized carbons (Fsp3) is 0.333. The van der Waals surface area contributed by atoms with Crippen LogP contribution >= 0.6 is 11.3 Å². The average Bonchev–Trinajstić information content (AvgIpc) is 3.40. The molecule has 0 saturated carbocycles. The zero-order valence-electron chi connectivity index (χ0n) is 14.8. The number of carbonyl (C=O) groups is 1. The molecule has 1 atom stereocenters. The van der Waals surface area contributed by atoms with Crippen LogP contribution in [0.3, 0.4) is 0 Å². The summed E-state index contributed by atoms with van der Waals surface area (Å²) >= 11 is 1.60. The second kappa shape index (κ2) is 7.75. The normalized spacial score (nSPS) is 16.9. The van der Waals surface area contributed by atoms with Crippen molar-refractivity contribution in [1.82, 2.24) is 25.3 Å². The van der Waals surface area contributed by atoms with Crippen molar-refractivity contribution in [3.8, 4) is 22.3 Å². The van der Waals surface area contributed by atoms with Crippen molar-refractivity contribution in [2.24, 2.45) is 0 Å². The maximum atomic E-state index is 12.8. The predicted octanol–water partition coefficient (Wildman–Crippen LogP) is 2.62. The van der Waals surface area contributed by atoms with Crippen LogP contribution in [0.1, 0.15) is 23.3 Å². The van der Waals surface area contributed by atoms with Gasteiger partial charge in [0.25, 0.3) is 5.91 Å². The largest absolute Gasteiger partial charge is 0.480 e. The molecule has 0 aliphatic carbocycles. The van der Waals surface area contributed by atoms with E-state index in [9.17, 15) is 4.79 Å². The van der Waals surface area contributed by atoms with Gasteiger partial charge in [0.15, 0.2) is 5.69 Å². The molecule has 0 spiro atoms. The van der Waals surface area contributed by atoms with E-state index in [4.69, 9.17) is 9.47 Å². The Kier molecular flexibility index (Phi) is 5.01. The summed E-state index contributed by atoms with van der Waals surface area (Å²) in [6.07, 6.45) is 1.60. The third-order valence-electron chi connectivity index (χ3n) is 4.36. The summed E-state index contributed by atoms with van der Waals surface area (Å²) in [6.45, 7) is 1.18. The minimum atomic E-state index is -0.124. The summed E-state index contributed by atoms with van der Waals surface area (Å²) in [4.78, 5) is 15.6. The number of thiophene rings is 1. The number of ether oxygens (including phenoxy) is 2. The number of carbonyl (C=O) groups excluding carboxylic acids is 1. The van der Waals surface area contributed by atoms with Gasteiger partial charge < -0.3 is 14.4 Å². The number of hydrogen-bond donors (Lipinski definition) is 1. The highest BCUT2D eigenvalue weighted by Crippen LogP contribution is 2.24. The van der Waals surface area contributed by atoms with E-state index in [2.05, 4.69) is 20.4 Å². The molecular formula is C18H19N5O3S. The molecule has 1 aliphatic rings. The lowest BCUT2D eigenvalue weighted by Crippen LogP contribution is -2.44. The molecule has 0 radical (unpaired) electrons. The zero-order chi connectivity index (χ0) is 18.6. The van der Waals surface area contributed by atoms with Crippen molar-refractivity contribution >= 4 is 17.2 Å². The minimum absolute atomic E-state index is 0.0943. The SMILES string of the molecule is COc1ccc(OC2CCCN(C(=O)c3cc(-c4cccs4)[nH]n3)C2)nn1. The number of piperidine rings is 1. The van der Waals surface area contributed by atoms with Gasteiger partial charge in [-0.3, -0.25) is 9.89 Å². The van der Waals surface area contributed by atoms with Gasteiger partial charge in [0, 0.05) is 18.7 Å². The highest BCUT2D eigenvalue weighted by molar-refractivity contribution is 7.13. The Morgan fingerprint density at radius 1 is 1.30 bits per heavy atom. The monoisotopic (exact) mass is 385 g/mol. The number of aromatic amines is 1. The molecule has 1 amide bonds. The molecule has 27 heavy (non-hydrogen) atoms. The number of amides is 1. The topological polar surface area (TPSA) is 93.2 Å². The Morgan fingerprint density at radius 2 is 2.15 bits per heavy atom. The molecule has 3 aromatic heterocycles. The van der Waals surface area contributed by atoms with E-state index in [1.807, 2.05) is 17.5 Å².